The first-order chi connectivity index (χ1) is 29.5. The number of rotatable bonds is 10. The van der Waals surface area contributed by atoms with Gasteiger partial charge in [0.1, 0.15) is 23.7 Å². The van der Waals surface area contributed by atoms with E-state index in [1.165, 1.54) is 14.2 Å². The summed E-state index contributed by atoms with van der Waals surface area (Å²) in [5.41, 5.74) is 5.65. The third kappa shape index (κ3) is 7.05. The lowest BCUT2D eigenvalue weighted by Crippen LogP contribution is -2.54. The van der Waals surface area contributed by atoms with Crippen molar-refractivity contribution in [3.05, 3.63) is 72.4 Å². The van der Waals surface area contributed by atoms with Crippen molar-refractivity contribution in [3.63, 3.8) is 0 Å². The van der Waals surface area contributed by atoms with Gasteiger partial charge in [0, 0.05) is 37.9 Å². The van der Waals surface area contributed by atoms with Gasteiger partial charge in [-0.1, -0.05) is 44.2 Å². The highest BCUT2D eigenvalue weighted by Crippen LogP contribution is 2.55. The molecule has 2 aromatic heterocycles. The molecule has 3 saturated heterocycles. The number of carbonyl (C=O) groups excluding carboxylic acids is 3. The number of carbonyl (C=O) groups is 4. The van der Waals surface area contributed by atoms with Crippen molar-refractivity contribution in [2.75, 3.05) is 27.4 Å². The van der Waals surface area contributed by atoms with E-state index in [0.29, 0.717) is 37.9 Å². The van der Waals surface area contributed by atoms with Crippen LogP contribution in [0.2, 0.25) is 0 Å². The fourth-order valence-electron chi connectivity index (χ4n) is 10.6. The number of ether oxygens (including phenoxy) is 2. The van der Waals surface area contributed by atoms with Crippen LogP contribution in [0.3, 0.4) is 0 Å². The van der Waals surface area contributed by atoms with Crippen molar-refractivity contribution >= 4 is 45.8 Å². The molecule has 0 radical (unpaired) electrons. The van der Waals surface area contributed by atoms with E-state index >= 15 is 0 Å². The van der Waals surface area contributed by atoms with Crippen molar-refractivity contribution in [1.29, 1.82) is 0 Å². The number of methoxy groups -OCH3 is 1. The molecular weight excluding hydrogens is 777 g/mol. The average molecular weight is 829 g/mol. The maximum atomic E-state index is 14.3. The van der Waals surface area contributed by atoms with Crippen LogP contribution >= 0.6 is 0 Å². The third-order valence-corrected chi connectivity index (χ3v) is 14.0. The maximum absolute atomic E-state index is 14.3. The number of aromatic amines is 2. The predicted molar refractivity (Wildman–Crippen MR) is 226 cm³/mol. The second kappa shape index (κ2) is 15.2. The number of nitrogens with zero attached hydrogens (tertiary/aromatic N) is 5. The quantitative estimate of drug-likeness (QED) is 0.116. The molecule has 2 saturated carbocycles. The number of benzene rings is 3. The Labute approximate surface area is 353 Å². The Morgan fingerprint density at radius 2 is 1.46 bits per heavy atom. The average Bonchev–Trinajstić information content (AvgIpc) is 3.88. The Kier molecular flexibility index (Phi) is 9.76. The summed E-state index contributed by atoms with van der Waals surface area (Å²) in [4.78, 5) is 74.3. The minimum Gasteiger partial charge on any atom is -0.465 e. The van der Waals surface area contributed by atoms with E-state index in [9.17, 15) is 24.3 Å². The van der Waals surface area contributed by atoms with Gasteiger partial charge in [0.25, 0.3) is 0 Å². The van der Waals surface area contributed by atoms with E-state index < -0.39 is 24.3 Å². The second-order valence-electron chi connectivity index (χ2n) is 18.1. The van der Waals surface area contributed by atoms with Gasteiger partial charge >= 0.3 is 12.2 Å². The van der Waals surface area contributed by atoms with Crippen molar-refractivity contribution in [1.82, 2.24) is 40.0 Å². The molecule has 0 unspecified atom stereocenters. The fraction of sp³-hybridized carbons (Fsp3) is 0.478. The summed E-state index contributed by atoms with van der Waals surface area (Å²) in [5.74, 6) is 1.89. The van der Waals surface area contributed by atoms with Gasteiger partial charge in [-0.15, -0.1) is 0 Å². The molecular formula is C46H52N8O7. The van der Waals surface area contributed by atoms with Crippen LogP contribution in [-0.2, 0) is 19.1 Å². The highest BCUT2D eigenvalue weighted by Gasteiger charge is 2.58. The minimum absolute atomic E-state index is 0.0260. The van der Waals surface area contributed by atoms with Crippen LogP contribution in [0.4, 0.5) is 9.59 Å². The Hall–Kier alpha value is -5.96. The van der Waals surface area contributed by atoms with E-state index in [-0.39, 0.29) is 47.8 Å². The number of imidazole rings is 2. The molecule has 0 spiro atoms. The SMILES string of the molecule is COC(=O)N[C@H](C(=O)N1[C@@H]2C[C@H]2C[C@H]1c1ncc(-c2ccc3cc(-c4ccc5nc([C@@H]6C[C@H]7C[C@H]7N6C(=O)[C@H](C(C)C)N(C)C(=O)O)[nH]c5c4)ccc3c2)[nH]1)C1CCOCC1. The molecule has 4 N–H and O–H groups in total. The number of amides is 4. The molecule has 15 nitrogen and oxygen atoms in total. The van der Waals surface area contributed by atoms with E-state index in [1.807, 2.05) is 35.9 Å². The zero-order chi connectivity index (χ0) is 42.3. The summed E-state index contributed by atoms with van der Waals surface area (Å²) in [7, 11) is 2.79. The number of hydrogen-bond acceptors (Lipinski definition) is 8. The molecule has 5 fully saturated rings. The van der Waals surface area contributed by atoms with Gasteiger partial charge < -0.3 is 39.7 Å². The molecule has 5 aliphatic rings. The second-order valence-corrected chi connectivity index (χ2v) is 18.1. The predicted octanol–water partition coefficient (Wildman–Crippen LogP) is 6.88. The number of piperidine rings is 2. The first-order valence-corrected chi connectivity index (χ1v) is 21.6. The molecule has 15 heteroatoms. The van der Waals surface area contributed by atoms with Crippen LogP contribution in [-0.4, -0.2) is 115 Å². The molecule has 318 valence electrons. The molecule has 5 aromatic rings. The summed E-state index contributed by atoms with van der Waals surface area (Å²) < 4.78 is 10.5. The van der Waals surface area contributed by atoms with Crippen LogP contribution in [0.1, 0.15) is 76.1 Å². The van der Waals surface area contributed by atoms with E-state index in [1.54, 1.807) is 0 Å². The van der Waals surface area contributed by atoms with Crippen LogP contribution in [0, 0.1) is 23.7 Å². The smallest absolute Gasteiger partial charge is 0.407 e. The highest BCUT2D eigenvalue weighted by molar-refractivity contribution is 5.92. The molecule has 4 amide bonds. The maximum Gasteiger partial charge on any atom is 0.407 e. The molecule has 8 atom stereocenters. The standard InChI is InChI=1S/C46H52N8O7/c1-23(2)40(52(3)46(58)59)44(56)54-36-19-31(36)21-38(54)42-48-32-10-9-28(17-33(32)49-42)26-5-6-27-16-29(8-7-25(27)15-26)34-22-47-41(50-34)37-20-30-18-35(30)53(37)43(55)39(51-45(57)60-4)24-11-13-61-14-12-24/h5-10,15-17,22-24,30-31,35-40H,11-14,18-21H2,1-4H3,(H,47,50)(H,48,49)(H,51,57)(H,58,59)/t30-,31+,35+,36+,37-,38-,39-,40-/m0/s1. The Bertz CT molecular complexity index is 2540. The van der Waals surface area contributed by atoms with Crippen LogP contribution < -0.4 is 5.32 Å². The van der Waals surface area contributed by atoms with Crippen molar-refractivity contribution < 1.29 is 33.8 Å². The number of carboxylic acid groups (broad SMARTS) is 1. The van der Waals surface area contributed by atoms with Gasteiger partial charge in [-0.2, -0.15) is 0 Å². The van der Waals surface area contributed by atoms with Gasteiger partial charge in [-0.25, -0.2) is 19.6 Å². The summed E-state index contributed by atoms with van der Waals surface area (Å²) in [6.45, 7) is 4.90. The van der Waals surface area contributed by atoms with Gasteiger partial charge in [0.05, 0.1) is 42.1 Å². The van der Waals surface area contributed by atoms with Gasteiger partial charge in [-0.3, -0.25) is 14.5 Å². The van der Waals surface area contributed by atoms with E-state index in [0.717, 1.165) is 86.4 Å². The number of fused-ring (bicyclic) bond motifs is 4. The lowest BCUT2D eigenvalue weighted by Gasteiger charge is -2.35. The summed E-state index contributed by atoms with van der Waals surface area (Å²) in [6, 6.07) is 17.3. The normalized spacial score (nSPS) is 25.3. The molecule has 61 heavy (non-hydrogen) atoms. The molecule has 5 heterocycles. The van der Waals surface area contributed by atoms with Crippen molar-refractivity contribution in [3.8, 4) is 22.4 Å². The van der Waals surface area contributed by atoms with E-state index in [4.69, 9.17) is 19.4 Å². The topological polar surface area (TPSA) is 186 Å². The number of alkyl carbamates (subject to hydrolysis) is 1. The number of H-pyrrole nitrogens is 2. The van der Waals surface area contributed by atoms with Crippen molar-refractivity contribution in [2.24, 2.45) is 23.7 Å². The van der Waals surface area contributed by atoms with Crippen LogP contribution in [0.5, 0.6) is 0 Å². The monoisotopic (exact) mass is 828 g/mol. The molecule has 0 bridgehead atoms. The molecule has 3 aliphatic heterocycles. The molecule has 2 aliphatic carbocycles. The molecule has 10 rings (SSSR count). The zero-order valence-corrected chi connectivity index (χ0v) is 34.8. The first kappa shape index (κ1) is 39.2. The number of likely N-dealkylation sites (N-methyl/N-ethyl adjacent to an activating group) is 1. The fourth-order valence-corrected chi connectivity index (χ4v) is 10.6. The Balaban J connectivity index is 0.863. The van der Waals surface area contributed by atoms with Gasteiger partial charge in [0.2, 0.25) is 11.8 Å². The summed E-state index contributed by atoms with van der Waals surface area (Å²) in [5, 5.41) is 14.7. The molecule has 3 aromatic carbocycles. The van der Waals surface area contributed by atoms with Crippen LogP contribution in [0.15, 0.2) is 60.8 Å². The first-order valence-electron chi connectivity index (χ1n) is 21.6. The zero-order valence-electron chi connectivity index (χ0n) is 34.8. The lowest BCUT2D eigenvalue weighted by atomic mass is 9.90. The number of likely N-dealkylation sites (tertiary alicyclic amines) is 2. The highest BCUT2D eigenvalue weighted by atomic mass is 16.5. The number of hydrogen-bond donors (Lipinski definition) is 4. The van der Waals surface area contributed by atoms with Gasteiger partial charge in [0.15, 0.2) is 0 Å². The lowest BCUT2D eigenvalue weighted by molar-refractivity contribution is -0.140. The number of aromatic nitrogens is 4. The largest absolute Gasteiger partial charge is 0.465 e. The number of nitrogens with one attached hydrogen (secondary N) is 3. The third-order valence-electron chi connectivity index (χ3n) is 14.0. The summed E-state index contributed by atoms with van der Waals surface area (Å²) in [6.07, 6.45) is 5.07. The Morgan fingerprint density at radius 1 is 0.836 bits per heavy atom. The van der Waals surface area contributed by atoms with Crippen molar-refractivity contribution in [2.45, 2.75) is 88.6 Å². The van der Waals surface area contributed by atoms with E-state index in [2.05, 4.69) is 63.8 Å². The van der Waals surface area contributed by atoms with Crippen LogP contribution in [0.25, 0.3) is 44.2 Å². The van der Waals surface area contributed by atoms with Gasteiger partial charge in [-0.05, 0) is 108 Å². The Morgan fingerprint density at radius 3 is 2.13 bits per heavy atom. The summed E-state index contributed by atoms with van der Waals surface area (Å²) >= 11 is 0. The minimum atomic E-state index is -1.11.